The molecule has 0 aliphatic carbocycles. The molecule has 0 saturated heterocycles. The van der Waals surface area contributed by atoms with Crippen LogP contribution in [0.1, 0.15) is 0 Å². The van der Waals surface area contributed by atoms with E-state index in [0.717, 1.165) is 150 Å². The number of fused-ring (bicyclic) bond motifs is 6. The maximum absolute atomic E-state index is 6.17. The van der Waals surface area contributed by atoms with Crippen LogP contribution in [0.15, 0.2) is 340 Å². The van der Waals surface area contributed by atoms with E-state index < -0.39 is 0 Å². The summed E-state index contributed by atoms with van der Waals surface area (Å²) in [6, 6.07) is 121. The maximum atomic E-state index is 6.17. The molecule has 0 atom stereocenters. The average molecular weight is 1170 g/mol. The van der Waals surface area contributed by atoms with Crippen LogP contribution in [0.5, 0.6) is 0 Å². The van der Waals surface area contributed by atoms with Crippen molar-refractivity contribution in [3.05, 3.63) is 340 Å². The predicted octanol–water partition coefficient (Wildman–Crippen LogP) is 22.1. The molecule has 0 spiro atoms. The molecular weight excluding hydrogens is 1120 g/mol. The van der Waals surface area contributed by atoms with E-state index in [4.69, 9.17) is 19.9 Å². The topological polar surface area (TPSA) is 61.4 Å². The number of nitrogens with zero attached hydrogens (tertiary/aromatic N) is 6. The summed E-state index contributed by atoms with van der Waals surface area (Å²) in [4.78, 5) is 21.7. The summed E-state index contributed by atoms with van der Waals surface area (Å²) in [6.45, 7) is 0. The highest BCUT2D eigenvalue weighted by molar-refractivity contribution is 6.16. The highest BCUT2D eigenvalue weighted by Crippen LogP contribution is 2.50. The van der Waals surface area contributed by atoms with Crippen LogP contribution in [-0.2, 0) is 0 Å². The lowest BCUT2D eigenvalue weighted by Gasteiger charge is -2.26. The first kappa shape index (κ1) is 53.8. The van der Waals surface area contributed by atoms with Crippen molar-refractivity contribution in [3.8, 4) is 124 Å². The number of benzene rings is 13. The Balaban J connectivity index is 1.03. The molecule has 430 valence electrons. The van der Waals surface area contributed by atoms with Crippen LogP contribution in [0.2, 0.25) is 0 Å². The third-order valence-electron chi connectivity index (χ3n) is 17.8. The van der Waals surface area contributed by atoms with E-state index in [9.17, 15) is 0 Å². The second kappa shape index (κ2) is 23.0. The summed E-state index contributed by atoms with van der Waals surface area (Å²) in [7, 11) is 0. The summed E-state index contributed by atoms with van der Waals surface area (Å²) in [5.41, 5.74) is 23.5. The molecule has 6 nitrogen and oxygen atoms in total. The Morgan fingerprint density at radius 1 is 0.174 bits per heavy atom. The number of hydrogen-bond donors (Lipinski definition) is 0. The van der Waals surface area contributed by atoms with Gasteiger partial charge in [-0.1, -0.05) is 291 Å². The van der Waals surface area contributed by atoms with Gasteiger partial charge in [0.25, 0.3) is 0 Å². The Bertz CT molecular complexity index is 5050. The molecule has 0 saturated carbocycles. The van der Waals surface area contributed by atoms with Crippen molar-refractivity contribution in [1.82, 2.24) is 29.1 Å². The fourth-order valence-corrected chi connectivity index (χ4v) is 13.4. The highest BCUT2D eigenvalue weighted by atomic mass is 15.1. The van der Waals surface area contributed by atoms with Gasteiger partial charge in [0.05, 0.1) is 44.8 Å². The van der Waals surface area contributed by atoms with Gasteiger partial charge in [0.2, 0.25) is 0 Å². The molecule has 17 rings (SSSR count). The van der Waals surface area contributed by atoms with E-state index in [1.807, 2.05) is 36.4 Å². The van der Waals surface area contributed by atoms with Crippen LogP contribution in [0, 0.1) is 0 Å². The van der Waals surface area contributed by atoms with Crippen molar-refractivity contribution >= 4 is 43.6 Å². The summed E-state index contributed by atoms with van der Waals surface area (Å²) in [5, 5.41) is 4.52. The summed E-state index contributed by atoms with van der Waals surface area (Å²) < 4.78 is 5.01. The maximum Gasteiger partial charge on any atom is 0.164 e. The molecule has 0 unspecified atom stereocenters. The monoisotopic (exact) mass is 1170 g/mol. The van der Waals surface area contributed by atoms with Crippen molar-refractivity contribution in [2.75, 3.05) is 0 Å². The third-order valence-corrected chi connectivity index (χ3v) is 17.8. The quantitative estimate of drug-likeness (QED) is 0.122. The van der Waals surface area contributed by atoms with E-state index >= 15 is 0 Å². The van der Waals surface area contributed by atoms with Gasteiger partial charge in [0.1, 0.15) is 0 Å². The largest absolute Gasteiger partial charge is 0.306 e. The minimum atomic E-state index is 0.575. The van der Waals surface area contributed by atoms with E-state index in [2.05, 4.69) is 312 Å². The van der Waals surface area contributed by atoms with Crippen LogP contribution in [0.4, 0.5) is 0 Å². The lowest BCUT2D eigenvalue weighted by Crippen LogP contribution is -2.10. The summed E-state index contributed by atoms with van der Waals surface area (Å²) in [5.74, 6) is 1.78. The van der Waals surface area contributed by atoms with Crippen LogP contribution in [0.3, 0.4) is 0 Å². The second-order valence-corrected chi connectivity index (χ2v) is 23.3. The summed E-state index contributed by atoms with van der Waals surface area (Å²) in [6.07, 6.45) is 0. The van der Waals surface area contributed by atoms with E-state index in [0.29, 0.717) is 17.5 Å². The van der Waals surface area contributed by atoms with Crippen molar-refractivity contribution in [1.29, 1.82) is 0 Å². The molecule has 0 N–H and O–H groups in total. The van der Waals surface area contributed by atoms with Gasteiger partial charge in [-0.05, 0) is 98.6 Å². The van der Waals surface area contributed by atoms with Crippen LogP contribution >= 0.6 is 0 Å². The Hall–Kier alpha value is -12.4. The van der Waals surface area contributed by atoms with Gasteiger partial charge in [-0.3, -0.25) is 0 Å². The first-order chi connectivity index (χ1) is 45.6. The van der Waals surface area contributed by atoms with Crippen molar-refractivity contribution < 1.29 is 0 Å². The van der Waals surface area contributed by atoms with E-state index in [-0.39, 0.29) is 0 Å². The molecule has 0 bridgehead atoms. The minimum Gasteiger partial charge on any atom is -0.306 e. The first-order valence-electron chi connectivity index (χ1n) is 31.2. The summed E-state index contributed by atoms with van der Waals surface area (Å²) >= 11 is 0. The van der Waals surface area contributed by atoms with Crippen molar-refractivity contribution in [3.63, 3.8) is 0 Å². The number of pyridine rings is 1. The molecule has 17 aromatic rings. The van der Waals surface area contributed by atoms with Gasteiger partial charge in [0, 0.05) is 54.9 Å². The minimum absolute atomic E-state index is 0.575. The lowest BCUT2D eigenvalue weighted by atomic mass is 9.93. The van der Waals surface area contributed by atoms with Crippen molar-refractivity contribution in [2.45, 2.75) is 0 Å². The Labute approximate surface area is 533 Å². The highest BCUT2D eigenvalue weighted by Gasteiger charge is 2.31. The molecule has 0 aliphatic rings. The fourth-order valence-electron chi connectivity index (χ4n) is 13.4. The number of hydrogen-bond acceptors (Lipinski definition) is 4. The molecule has 0 fully saturated rings. The van der Waals surface area contributed by atoms with Crippen LogP contribution in [0.25, 0.3) is 167 Å². The molecule has 0 radical (unpaired) electrons. The zero-order valence-electron chi connectivity index (χ0n) is 50.0. The molecule has 4 heterocycles. The second-order valence-electron chi connectivity index (χ2n) is 23.3. The van der Waals surface area contributed by atoms with Crippen molar-refractivity contribution in [2.24, 2.45) is 0 Å². The number of aromatic nitrogens is 6. The average Bonchev–Trinajstić information content (AvgIpc) is 1.49. The van der Waals surface area contributed by atoms with E-state index in [1.165, 1.54) is 0 Å². The molecule has 13 aromatic carbocycles. The normalized spacial score (nSPS) is 11.5. The Kier molecular flexibility index (Phi) is 13.4. The fraction of sp³-hybridized carbons (Fsp3) is 0. The zero-order chi connectivity index (χ0) is 60.9. The third kappa shape index (κ3) is 9.62. The Morgan fingerprint density at radius 3 is 0.663 bits per heavy atom. The Morgan fingerprint density at radius 2 is 0.391 bits per heavy atom. The zero-order valence-corrected chi connectivity index (χ0v) is 50.0. The van der Waals surface area contributed by atoms with Crippen LogP contribution < -0.4 is 0 Å². The van der Waals surface area contributed by atoms with Gasteiger partial charge in [-0.2, -0.15) is 0 Å². The van der Waals surface area contributed by atoms with Crippen LogP contribution in [-0.4, -0.2) is 29.1 Å². The van der Waals surface area contributed by atoms with Gasteiger partial charge in [-0.25, -0.2) is 19.9 Å². The molecule has 0 aliphatic heterocycles. The molecule has 6 heteroatoms. The number of rotatable bonds is 12. The van der Waals surface area contributed by atoms with E-state index in [1.54, 1.807) is 0 Å². The molecular formula is C86H56N6. The standard InChI is InChI=1S/C86H56N6/c1-9-25-57(26-10-1)67-45-49-75-71(53-67)72-54-68(58-27-11-2-12-28-58)46-50-76(72)91(75)82-79(61-41-43-66(44-42-61)86-89-84(64-37-21-7-22-38-64)88-85(90-86)65-39-23-8-24-40-65)83(81(63-35-19-6-20-36-63)87-80(82)62-33-17-5-18-34-62)92-77-51-47-69(59-29-13-3-14-30-59)55-73(77)74-56-70(48-52-78(74)92)60-31-15-4-16-32-60/h1-56H. The van der Waals surface area contributed by atoms with Gasteiger partial charge in [0.15, 0.2) is 17.5 Å². The van der Waals surface area contributed by atoms with Gasteiger partial charge >= 0.3 is 0 Å². The first-order valence-corrected chi connectivity index (χ1v) is 31.2. The van der Waals surface area contributed by atoms with Gasteiger partial charge < -0.3 is 9.13 Å². The SMILES string of the molecule is c1ccc(-c2ccc3c(c2)c2cc(-c4ccccc4)ccc2n3-c2c(-c3ccccc3)nc(-c3ccccc3)c(-n3c4ccc(-c5ccccc5)cc4c4cc(-c5ccccc5)ccc43)c2-c2ccc(-c3nc(-c4ccccc4)nc(-c4ccccc4)n3)cc2)cc1. The smallest absolute Gasteiger partial charge is 0.164 e. The molecule has 92 heavy (non-hydrogen) atoms. The predicted molar refractivity (Wildman–Crippen MR) is 381 cm³/mol. The molecule has 0 amide bonds. The lowest BCUT2D eigenvalue weighted by molar-refractivity contribution is 1.07. The molecule has 4 aromatic heterocycles. The van der Waals surface area contributed by atoms with Gasteiger partial charge in [-0.15, -0.1) is 0 Å².